The number of nitrogens with zero attached hydrogens (tertiary/aromatic N) is 1. The number of carbonyl (C=O) groups excluding carboxylic acids is 1. The molecule has 0 aromatic heterocycles. The summed E-state index contributed by atoms with van der Waals surface area (Å²) in [6.45, 7) is 7.75. The highest BCUT2D eigenvalue weighted by Gasteiger charge is 2.27. The van der Waals surface area contributed by atoms with Gasteiger partial charge in [0.2, 0.25) is 5.91 Å². The van der Waals surface area contributed by atoms with Crippen molar-refractivity contribution in [2.45, 2.75) is 40.5 Å². The lowest BCUT2D eigenvalue weighted by molar-refractivity contribution is -0.140. The highest BCUT2D eigenvalue weighted by Crippen LogP contribution is 2.24. The van der Waals surface area contributed by atoms with E-state index in [-0.39, 0.29) is 18.4 Å². The molecule has 0 fully saturated rings. The van der Waals surface area contributed by atoms with Gasteiger partial charge in [0.1, 0.15) is 0 Å². The number of carbonyl (C=O) groups is 2. The maximum absolute atomic E-state index is 12.7. The minimum absolute atomic E-state index is 0.0161. The molecule has 1 aromatic rings. The third-order valence-corrected chi connectivity index (χ3v) is 3.89. The molecule has 0 heterocycles. The van der Waals surface area contributed by atoms with E-state index in [9.17, 15) is 9.59 Å². The highest BCUT2D eigenvalue weighted by atomic mass is 16.4. The molecule has 1 amide bonds. The summed E-state index contributed by atoms with van der Waals surface area (Å²) >= 11 is 0. The van der Waals surface area contributed by atoms with Crippen molar-refractivity contribution in [3.05, 3.63) is 29.8 Å². The van der Waals surface area contributed by atoms with Gasteiger partial charge in [0.15, 0.2) is 0 Å². The Balaban J connectivity index is 3.14. The van der Waals surface area contributed by atoms with Gasteiger partial charge in [-0.2, -0.15) is 0 Å². The standard InChI is InChI=1S/C17H25NO3/c1-5-14(6-2)16(19)18(11-13(4)17(20)21)15-10-8-7-9-12(15)3/h7-10,13-14H,5-6,11H2,1-4H3,(H,20,21). The first-order valence-electron chi connectivity index (χ1n) is 7.52. The molecule has 0 aliphatic rings. The van der Waals surface area contributed by atoms with Gasteiger partial charge in [0, 0.05) is 18.2 Å². The van der Waals surface area contributed by atoms with Gasteiger partial charge in [-0.1, -0.05) is 39.0 Å². The lowest BCUT2D eigenvalue weighted by Gasteiger charge is -2.29. The van der Waals surface area contributed by atoms with Gasteiger partial charge in [-0.25, -0.2) is 0 Å². The van der Waals surface area contributed by atoms with Gasteiger partial charge in [-0.3, -0.25) is 9.59 Å². The Morgan fingerprint density at radius 3 is 2.24 bits per heavy atom. The molecule has 1 N–H and O–H groups in total. The molecule has 1 atom stereocenters. The zero-order valence-corrected chi connectivity index (χ0v) is 13.3. The second-order valence-corrected chi connectivity index (χ2v) is 5.49. The third-order valence-electron chi connectivity index (χ3n) is 3.89. The molecule has 0 radical (unpaired) electrons. The molecule has 4 nitrogen and oxygen atoms in total. The van der Waals surface area contributed by atoms with Crippen molar-refractivity contribution in [1.29, 1.82) is 0 Å². The van der Waals surface area contributed by atoms with Crippen LogP contribution < -0.4 is 4.90 Å². The van der Waals surface area contributed by atoms with Crippen molar-refractivity contribution < 1.29 is 14.7 Å². The molecule has 0 saturated heterocycles. The van der Waals surface area contributed by atoms with E-state index >= 15 is 0 Å². The Bertz CT molecular complexity index is 495. The first-order chi connectivity index (χ1) is 9.92. The molecule has 0 bridgehead atoms. The van der Waals surface area contributed by atoms with Crippen molar-refractivity contribution in [1.82, 2.24) is 0 Å². The summed E-state index contributed by atoms with van der Waals surface area (Å²) in [5.41, 5.74) is 1.79. The summed E-state index contributed by atoms with van der Waals surface area (Å²) in [7, 11) is 0. The van der Waals surface area contributed by atoms with Gasteiger partial charge < -0.3 is 10.0 Å². The van der Waals surface area contributed by atoms with E-state index in [2.05, 4.69) is 0 Å². The molecular weight excluding hydrogens is 266 g/mol. The molecule has 116 valence electrons. The number of carboxylic acid groups (broad SMARTS) is 1. The first kappa shape index (κ1) is 17.2. The molecule has 0 saturated carbocycles. The van der Waals surface area contributed by atoms with E-state index in [1.807, 2.05) is 45.0 Å². The number of hydrogen-bond donors (Lipinski definition) is 1. The van der Waals surface area contributed by atoms with Crippen LogP contribution in [0, 0.1) is 18.8 Å². The minimum atomic E-state index is -0.883. The lowest BCUT2D eigenvalue weighted by atomic mass is 9.99. The quantitative estimate of drug-likeness (QED) is 0.836. The first-order valence-corrected chi connectivity index (χ1v) is 7.52. The average Bonchev–Trinajstić information content (AvgIpc) is 2.46. The average molecular weight is 291 g/mol. The van der Waals surface area contributed by atoms with Gasteiger partial charge in [0.25, 0.3) is 0 Å². The maximum Gasteiger partial charge on any atom is 0.308 e. The van der Waals surface area contributed by atoms with E-state index in [0.29, 0.717) is 0 Å². The summed E-state index contributed by atoms with van der Waals surface area (Å²) in [5.74, 6) is -1.53. The van der Waals surface area contributed by atoms with Crippen LogP contribution >= 0.6 is 0 Å². The van der Waals surface area contributed by atoms with E-state index in [4.69, 9.17) is 5.11 Å². The van der Waals surface area contributed by atoms with E-state index in [1.165, 1.54) is 0 Å². The third kappa shape index (κ3) is 4.31. The van der Waals surface area contributed by atoms with Crippen molar-refractivity contribution in [3.8, 4) is 0 Å². The summed E-state index contributed by atoms with van der Waals surface area (Å²) in [4.78, 5) is 25.5. The van der Waals surface area contributed by atoms with Crippen molar-refractivity contribution in [2.75, 3.05) is 11.4 Å². The van der Waals surface area contributed by atoms with Crippen molar-refractivity contribution in [2.24, 2.45) is 11.8 Å². The summed E-state index contributed by atoms with van der Waals surface area (Å²) in [5, 5.41) is 9.14. The number of carboxylic acids is 1. The molecule has 21 heavy (non-hydrogen) atoms. The van der Waals surface area contributed by atoms with Gasteiger partial charge in [-0.15, -0.1) is 0 Å². The Kier molecular flexibility index (Phi) is 6.40. The number of aryl methyl sites for hydroxylation is 1. The summed E-state index contributed by atoms with van der Waals surface area (Å²) < 4.78 is 0. The topological polar surface area (TPSA) is 57.6 Å². The number of rotatable bonds is 7. The van der Waals surface area contributed by atoms with Gasteiger partial charge in [-0.05, 0) is 31.4 Å². The second kappa shape index (κ2) is 7.81. The molecule has 0 aliphatic heterocycles. The Labute approximate surface area is 126 Å². The Hall–Kier alpha value is -1.84. The van der Waals surface area contributed by atoms with Crippen LogP contribution in [0.15, 0.2) is 24.3 Å². The number of anilines is 1. The van der Waals surface area contributed by atoms with Crippen LogP contribution in [0.2, 0.25) is 0 Å². The fourth-order valence-corrected chi connectivity index (χ4v) is 2.38. The van der Waals surface area contributed by atoms with E-state index < -0.39 is 11.9 Å². The van der Waals surface area contributed by atoms with Crippen LogP contribution in [0.5, 0.6) is 0 Å². The molecular formula is C17H25NO3. The lowest BCUT2D eigenvalue weighted by Crippen LogP contribution is -2.40. The predicted molar refractivity (Wildman–Crippen MR) is 84.4 cm³/mol. The minimum Gasteiger partial charge on any atom is -0.481 e. The van der Waals surface area contributed by atoms with Gasteiger partial charge >= 0.3 is 5.97 Å². The number of aliphatic carboxylic acids is 1. The highest BCUT2D eigenvalue weighted by molar-refractivity contribution is 5.96. The monoisotopic (exact) mass is 291 g/mol. The zero-order chi connectivity index (χ0) is 16.0. The van der Waals surface area contributed by atoms with Crippen LogP contribution in [0.1, 0.15) is 39.2 Å². The van der Waals surface area contributed by atoms with Crippen LogP contribution in [0.4, 0.5) is 5.69 Å². The number of para-hydroxylation sites is 1. The molecule has 1 aromatic carbocycles. The van der Waals surface area contributed by atoms with Gasteiger partial charge in [0.05, 0.1) is 5.92 Å². The zero-order valence-electron chi connectivity index (χ0n) is 13.3. The number of benzene rings is 1. The molecule has 1 rings (SSSR count). The van der Waals surface area contributed by atoms with Crippen LogP contribution in [0.25, 0.3) is 0 Å². The fourth-order valence-electron chi connectivity index (χ4n) is 2.38. The number of hydrogen-bond acceptors (Lipinski definition) is 2. The smallest absolute Gasteiger partial charge is 0.308 e. The molecule has 0 spiro atoms. The summed E-state index contributed by atoms with van der Waals surface area (Å²) in [6, 6.07) is 7.61. The normalized spacial score (nSPS) is 12.2. The van der Waals surface area contributed by atoms with Crippen LogP contribution in [-0.4, -0.2) is 23.5 Å². The van der Waals surface area contributed by atoms with Crippen LogP contribution in [-0.2, 0) is 9.59 Å². The number of amides is 1. The van der Waals surface area contributed by atoms with Crippen molar-refractivity contribution in [3.63, 3.8) is 0 Å². The Morgan fingerprint density at radius 2 is 1.76 bits per heavy atom. The van der Waals surface area contributed by atoms with E-state index in [1.54, 1.807) is 11.8 Å². The molecule has 4 heteroatoms. The second-order valence-electron chi connectivity index (χ2n) is 5.49. The largest absolute Gasteiger partial charge is 0.481 e. The molecule has 0 aliphatic carbocycles. The van der Waals surface area contributed by atoms with Crippen molar-refractivity contribution >= 4 is 17.6 Å². The SMILES string of the molecule is CCC(CC)C(=O)N(CC(C)C(=O)O)c1ccccc1C. The molecule has 1 unspecified atom stereocenters. The van der Waals surface area contributed by atoms with E-state index in [0.717, 1.165) is 24.1 Å². The maximum atomic E-state index is 12.7. The summed E-state index contributed by atoms with van der Waals surface area (Å²) in [6.07, 6.45) is 1.53. The Morgan fingerprint density at radius 1 is 1.19 bits per heavy atom. The van der Waals surface area contributed by atoms with Crippen LogP contribution in [0.3, 0.4) is 0 Å². The fraction of sp³-hybridized carbons (Fsp3) is 0.529. The predicted octanol–water partition coefficient (Wildman–Crippen LogP) is 3.48.